The van der Waals surface area contributed by atoms with Crippen molar-refractivity contribution in [2.24, 2.45) is 0 Å². The van der Waals surface area contributed by atoms with Gasteiger partial charge < -0.3 is 13.9 Å². The predicted molar refractivity (Wildman–Crippen MR) is 81.5 cm³/mol. The summed E-state index contributed by atoms with van der Waals surface area (Å²) in [6.07, 6.45) is 0.690. The van der Waals surface area contributed by atoms with Crippen LogP contribution in [0, 0.1) is 0 Å². The highest BCUT2D eigenvalue weighted by atomic mass is 35.5. The zero-order chi connectivity index (χ0) is 14.4. The van der Waals surface area contributed by atoms with Crippen molar-refractivity contribution in [2.75, 3.05) is 0 Å². The van der Waals surface area contributed by atoms with Gasteiger partial charge in [0.15, 0.2) is 0 Å². The molecular formula is C17H11ClO3. The number of rotatable bonds is 2. The highest BCUT2D eigenvalue weighted by Crippen LogP contribution is 2.33. The molecule has 4 heteroatoms. The van der Waals surface area contributed by atoms with Crippen LogP contribution in [0.25, 0.3) is 21.9 Å². The number of hydrogen-bond acceptors (Lipinski definition) is 3. The van der Waals surface area contributed by atoms with Crippen molar-refractivity contribution in [1.29, 1.82) is 0 Å². The Hall–Kier alpha value is -2.23. The summed E-state index contributed by atoms with van der Waals surface area (Å²) >= 11 is 5.97. The van der Waals surface area contributed by atoms with Crippen LogP contribution in [-0.2, 0) is 0 Å². The molecule has 104 valence electrons. The third kappa shape index (κ3) is 2.02. The van der Waals surface area contributed by atoms with E-state index in [9.17, 15) is 5.11 Å². The van der Waals surface area contributed by atoms with Crippen LogP contribution >= 0.6 is 11.6 Å². The standard InChI is InChI=1S/C17H11ClO3/c18-11-5-6-14-10(7-11)8-16(21-14)17(19)13-9-20-15-4-2-1-3-12(13)15/h1-9,17,19H. The molecule has 2 aromatic heterocycles. The van der Waals surface area contributed by atoms with Crippen LogP contribution in [0.4, 0.5) is 0 Å². The summed E-state index contributed by atoms with van der Waals surface area (Å²) in [6, 6.07) is 14.7. The second-order valence-corrected chi connectivity index (χ2v) is 5.36. The average Bonchev–Trinajstić information content (AvgIpc) is 3.09. The number of para-hydroxylation sites is 1. The maximum atomic E-state index is 10.6. The van der Waals surface area contributed by atoms with Gasteiger partial charge in [0.05, 0.1) is 6.26 Å². The zero-order valence-corrected chi connectivity index (χ0v) is 11.7. The van der Waals surface area contributed by atoms with Crippen LogP contribution in [0.5, 0.6) is 0 Å². The summed E-state index contributed by atoms with van der Waals surface area (Å²) in [7, 11) is 0. The van der Waals surface area contributed by atoms with Crippen molar-refractivity contribution in [3.63, 3.8) is 0 Å². The van der Waals surface area contributed by atoms with E-state index in [1.54, 1.807) is 24.5 Å². The third-order valence-electron chi connectivity index (χ3n) is 3.57. The summed E-state index contributed by atoms with van der Waals surface area (Å²) in [6.45, 7) is 0. The molecule has 1 unspecified atom stereocenters. The highest BCUT2D eigenvalue weighted by molar-refractivity contribution is 6.31. The normalized spacial score (nSPS) is 13.0. The molecule has 0 fully saturated rings. The minimum Gasteiger partial charge on any atom is -0.464 e. The molecule has 4 aromatic rings. The summed E-state index contributed by atoms with van der Waals surface area (Å²) in [5.41, 5.74) is 2.13. The van der Waals surface area contributed by atoms with E-state index in [2.05, 4.69) is 0 Å². The number of fused-ring (bicyclic) bond motifs is 2. The third-order valence-corrected chi connectivity index (χ3v) is 3.81. The van der Waals surface area contributed by atoms with E-state index in [4.69, 9.17) is 20.4 Å². The van der Waals surface area contributed by atoms with Crippen molar-refractivity contribution in [1.82, 2.24) is 0 Å². The highest BCUT2D eigenvalue weighted by Gasteiger charge is 2.20. The van der Waals surface area contributed by atoms with Crippen LogP contribution in [-0.4, -0.2) is 5.11 Å². The molecular weight excluding hydrogens is 288 g/mol. The Kier molecular flexibility index (Phi) is 2.77. The summed E-state index contributed by atoms with van der Waals surface area (Å²) in [5.74, 6) is 0.471. The number of benzene rings is 2. The van der Waals surface area contributed by atoms with Crippen LogP contribution in [0.2, 0.25) is 5.02 Å². The molecule has 0 aliphatic carbocycles. The van der Waals surface area contributed by atoms with Crippen LogP contribution in [0.15, 0.2) is 63.6 Å². The van der Waals surface area contributed by atoms with Gasteiger partial charge in [-0.15, -0.1) is 0 Å². The minimum absolute atomic E-state index is 0.471. The van der Waals surface area contributed by atoms with Gasteiger partial charge in [-0.1, -0.05) is 29.8 Å². The minimum atomic E-state index is -0.875. The second kappa shape index (κ2) is 4.65. The molecule has 0 aliphatic heterocycles. The van der Waals surface area contributed by atoms with Gasteiger partial charge in [-0.05, 0) is 30.3 Å². The summed E-state index contributed by atoms with van der Waals surface area (Å²) < 4.78 is 11.2. The van der Waals surface area contributed by atoms with Crippen molar-refractivity contribution < 1.29 is 13.9 Å². The second-order valence-electron chi connectivity index (χ2n) is 4.92. The first-order valence-electron chi connectivity index (χ1n) is 6.55. The van der Waals surface area contributed by atoms with Gasteiger partial charge in [0.25, 0.3) is 0 Å². The quantitative estimate of drug-likeness (QED) is 0.571. The monoisotopic (exact) mass is 298 g/mol. The molecule has 0 amide bonds. The Balaban J connectivity index is 1.83. The van der Waals surface area contributed by atoms with Crippen LogP contribution < -0.4 is 0 Å². The molecule has 0 saturated carbocycles. The van der Waals surface area contributed by atoms with Gasteiger partial charge in [0.1, 0.15) is 23.0 Å². The van der Waals surface area contributed by atoms with Gasteiger partial charge in [-0.2, -0.15) is 0 Å². The lowest BCUT2D eigenvalue weighted by Crippen LogP contribution is -1.96. The van der Waals surface area contributed by atoms with Crippen molar-refractivity contribution in [3.8, 4) is 0 Å². The van der Waals surface area contributed by atoms with Crippen molar-refractivity contribution in [2.45, 2.75) is 6.10 Å². The molecule has 0 radical (unpaired) electrons. The van der Waals surface area contributed by atoms with E-state index < -0.39 is 6.10 Å². The van der Waals surface area contributed by atoms with Crippen LogP contribution in [0.1, 0.15) is 17.4 Å². The van der Waals surface area contributed by atoms with E-state index in [0.717, 1.165) is 16.4 Å². The molecule has 0 bridgehead atoms. The van der Waals surface area contributed by atoms with E-state index >= 15 is 0 Å². The molecule has 1 atom stereocenters. The van der Waals surface area contributed by atoms with Gasteiger partial charge in [-0.25, -0.2) is 0 Å². The molecule has 0 aliphatic rings. The molecule has 2 heterocycles. The molecule has 21 heavy (non-hydrogen) atoms. The Morgan fingerprint density at radius 3 is 2.76 bits per heavy atom. The first kappa shape index (κ1) is 12.5. The predicted octanol–water partition coefficient (Wildman–Crippen LogP) is 4.91. The van der Waals surface area contributed by atoms with Gasteiger partial charge in [0.2, 0.25) is 0 Å². The van der Waals surface area contributed by atoms with Crippen molar-refractivity contribution >= 4 is 33.5 Å². The van der Waals surface area contributed by atoms with Crippen molar-refractivity contribution in [3.05, 3.63) is 71.1 Å². The number of aliphatic hydroxyl groups is 1. The largest absolute Gasteiger partial charge is 0.464 e. The molecule has 2 aromatic carbocycles. The summed E-state index contributed by atoms with van der Waals surface area (Å²) in [4.78, 5) is 0. The number of halogens is 1. The molecule has 3 nitrogen and oxygen atoms in total. The van der Waals surface area contributed by atoms with Gasteiger partial charge >= 0.3 is 0 Å². The Labute approximate surface area is 125 Å². The first-order valence-corrected chi connectivity index (χ1v) is 6.93. The molecule has 1 N–H and O–H groups in total. The number of furan rings is 2. The fraction of sp³-hybridized carbons (Fsp3) is 0.0588. The maximum Gasteiger partial charge on any atom is 0.140 e. The SMILES string of the molecule is OC(c1cc2cc(Cl)ccc2o1)c1coc2ccccc12. The fourth-order valence-corrected chi connectivity index (χ4v) is 2.71. The average molecular weight is 299 g/mol. The fourth-order valence-electron chi connectivity index (χ4n) is 2.53. The van der Waals surface area contributed by atoms with Gasteiger partial charge in [-0.3, -0.25) is 0 Å². The lowest BCUT2D eigenvalue weighted by Gasteiger charge is -2.04. The topological polar surface area (TPSA) is 46.5 Å². The lowest BCUT2D eigenvalue weighted by atomic mass is 10.1. The van der Waals surface area contributed by atoms with Crippen LogP contribution in [0.3, 0.4) is 0 Å². The molecule has 0 saturated heterocycles. The maximum absolute atomic E-state index is 10.6. The first-order chi connectivity index (χ1) is 10.2. The number of aliphatic hydroxyl groups excluding tert-OH is 1. The van der Waals surface area contributed by atoms with E-state index in [-0.39, 0.29) is 0 Å². The van der Waals surface area contributed by atoms with E-state index in [1.807, 2.05) is 30.3 Å². The Morgan fingerprint density at radius 1 is 1.00 bits per heavy atom. The smallest absolute Gasteiger partial charge is 0.140 e. The number of hydrogen-bond donors (Lipinski definition) is 1. The molecule has 0 spiro atoms. The van der Waals surface area contributed by atoms with Gasteiger partial charge in [0, 0.05) is 21.4 Å². The van der Waals surface area contributed by atoms with E-state index in [1.165, 1.54) is 0 Å². The zero-order valence-electron chi connectivity index (χ0n) is 10.9. The Bertz CT molecular complexity index is 935. The summed E-state index contributed by atoms with van der Waals surface area (Å²) in [5, 5.41) is 12.9. The molecule has 4 rings (SSSR count). The Morgan fingerprint density at radius 2 is 1.86 bits per heavy atom. The lowest BCUT2D eigenvalue weighted by molar-refractivity contribution is 0.192. The van der Waals surface area contributed by atoms with E-state index in [0.29, 0.717) is 21.9 Å².